The van der Waals surface area contributed by atoms with Crippen LogP contribution in [0.2, 0.25) is 0 Å². The van der Waals surface area contributed by atoms with Crippen LogP contribution in [-0.4, -0.2) is 30.8 Å². The van der Waals surface area contributed by atoms with Crippen LogP contribution in [0.25, 0.3) is 0 Å². The Morgan fingerprint density at radius 2 is 2.13 bits per heavy atom. The zero-order valence-electron chi connectivity index (χ0n) is 8.76. The molecule has 0 aromatic carbocycles. The fraction of sp³-hybridized carbons (Fsp3) is 0.600. The van der Waals surface area contributed by atoms with Gasteiger partial charge in [-0.15, -0.1) is 0 Å². The van der Waals surface area contributed by atoms with E-state index in [1.54, 1.807) is 6.08 Å². The molecule has 0 bridgehead atoms. The van der Waals surface area contributed by atoms with Crippen molar-refractivity contribution in [3.63, 3.8) is 0 Å². The van der Waals surface area contributed by atoms with Crippen molar-refractivity contribution >= 4 is 11.9 Å². The number of rotatable bonds is 3. The van der Waals surface area contributed by atoms with E-state index in [1.165, 1.54) is 20.1 Å². The Balaban J connectivity index is 2.47. The van der Waals surface area contributed by atoms with E-state index in [-0.39, 0.29) is 24.6 Å². The summed E-state index contributed by atoms with van der Waals surface area (Å²) >= 11 is 0. The molecule has 0 radical (unpaired) electrons. The summed E-state index contributed by atoms with van der Waals surface area (Å²) in [6, 6.07) is 0. The molecular weight excluding hydrogens is 200 g/mol. The molecule has 1 aliphatic heterocycles. The van der Waals surface area contributed by atoms with Gasteiger partial charge in [-0.1, -0.05) is 0 Å². The lowest BCUT2D eigenvalue weighted by Gasteiger charge is -2.27. The van der Waals surface area contributed by atoms with Crippen molar-refractivity contribution in [2.24, 2.45) is 0 Å². The van der Waals surface area contributed by atoms with E-state index >= 15 is 0 Å². The minimum Gasteiger partial charge on any atom is -0.491 e. The number of esters is 2. The highest BCUT2D eigenvalue weighted by Gasteiger charge is 2.27. The highest BCUT2D eigenvalue weighted by molar-refractivity contribution is 5.66. The Morgan fingerprint density at radius 3 is 2.73 bits per heavy atom. The van der Waals surface area contributed by atoms with Crippen molar-refractivity contribution in [2.75, 3.05) is 6.61 Å². The van der Waals surface area contributed by atoms with Gasteiger partial charge in [0.15, 0.2) is 6.10 Å². The number of carbonyl (C=O) groups excluding carboxylic acids is 2. The number of carbonyl (C=O) groups is 2. The Morgan fingerprint density at radius 1 is 1.40 bits per heavy atom. The van der Waals surface area contributed by atoms with Crippen LogP contribution >= 0.6 is 0 Å². The minimum absolute atomic E-state index is 0.0949. The van der Waals surface area contributed by atoms with Crippen molar-refractivity contribution < 1.29 is 23.8 Å². The third-order valence-electron chi connectivity index (χ3n) is 1.90. The normalized spacial score (nSPS) is 24.1. The van der Waals surface area contributed by atoms with E-state index in [9.17, 15) is 9.59 Å². The Labute approximate surface area is 88.0 Å². The molecule has 2 atom stereocenters. The van der Waals surface area contributed by atoms with Gasteiger partial charge < -0.3 is 14.2 Å². The maximum atomic E-state index is 10.8. The Hall–Kier alpha value is -1.52. The van der Waals surface area contributed by atoms with Gasteiger partial charge in [0.2, 0.25) is 0 Å². The maximum Gasteiger partial charge on any atom is 0.303 e. The molecule has 0 spiro atoms. The molecule has 15 heavy (non-hydrogen) atoms. The first-order valence-electron chi connectivity index (χ1n) is 4.70. The molecule has 0 unspecified atom stereocenters. The van der Waals surface area contributed by atoms with Gasteiger partial charge in [0.1, 0.15) is 12.7 Å². The molecule has 0 aromatic rings. The molecule has 0 N–H and O–H groups in total. The summed E-state index contributed by atoms with van der Waals surface area (Å²) in [5.41, 5.74) is 0. The highest BCUT2D eigenvalue weighted by Crippen LogP contribution is 2.15. The van der Waals surface area contributed by atoms with Crippen molar-refractivity contribution in [3.05, 3.63) is 12.3 Å². The molecule has 84 valence electrons. The molecule has 0 aromatic heterocycles. The van der Waals surface area contributed by atoms with Crippen LogP contribution < -0.4 is 0 Å². The fourth-order valence-electron chi connectivity index (χ4n) is 1.27. The van der Waals surface area contributed by atoms with E-state index in [0.717, 1.165) is 0 Å². The number of hydrogen-bond donors (Lipinski definition) is 0. The van der Waals surface area contributed by atoms with Crippen molar-refractivity contribution in [1.82, 2.24) is 0 Å². The molecule has 5 nitrogen and oxygen atoms in total. The largest absolute Gasteiger partial charge is 0.491 e. The van der Waals surface area contributed by atoms with Gasteiger partial charge in [-0.2, -0.15) is 0 Å². The lowest BCUT2D eigenvalue weighted by Crippen LogP contribution is -2.37. The van der Waals surface area contributed by atoms with Gasteiger partial charge in [-0.3, -0.25) is 9.59 Å². The second-order valence-electron chi connectivity index (χ2n) is 3.23. The summed E-state index contributed by atoms with van der Waals surface area (Å²) in [5.74, 6) is -0.749. The molecule has 0 fully saturated rings. The number of ether oxygens (including phenoxy) is 3. The molecular formula is C10H14O5. The SMILES string of the molecule is CC(=O)OC[C@@H]1OC=CC[C@H]1OC(C)=O. The first-order valence-corrected chi connectivity index (χ1v) is 4.70. The van der Waals surface area contributed by atoms with Gasteiger partial charge in [-0.25, -0.2) is 0 Å². The zero-order chi connectivity index (χ0) is 11.3. The first kappa shape index (κ1) is 11.6. The average molecular weight is 214 g/mol. The Kier molecular flexibility index (Phi) is 4.15. The van der Waals surface area contributed by atoms with Crippen molar-refractivity contribution in [2.45, 2.75) is 32.5 Å². The maximum absolute atomic E-state index is 10.8. The second kappa shape index (κ2) is 5.38. The van der Waals surface area contributed by atoms with E-state index in [1.807, 2.05) is 0 Å². The molecule has 0 saturated carbocycles. The number of hydrogen-bond acceptors (Lipinski definition) is 5. The molecule has 5 heteroatoms. The van der Waals surface area contributed by atoms with Gasteiger partial charge in [0, 0.05) is 20.3 Å². The summed E-state index contributed by atoms with van der Waals surface area (Å²) in [5, 5.41) is 0. The van der Waals surface area contributed by atoms with Crippen LogP contribution in [0.1, 0.15) is 20.3 Å². The summed E-state index contributed by atoms with van der Waals surface area (Å²) in [6.07, 6.45) is 3.06. The summed E-state index contributed by atoms with van der Waals surface area (Å²) < 4.78 is 15.0. The molecule has 1 aliphatic rings. The smallest absolute Gasteiger partial charge is 0.303 e. The lowest BCUT2D eigenvalue weighted by molar-refractivity contribution is -0.159. The summed E-state index contributed by atoms with van der Waals surface area (Å²) in [4.78, 5) is 21.4. The van der Waals surface area contributed by atoms with E-state index in [2.05, 4.69) is 0 Å². The first-order chi connectivity index (χ1) is 7.09. The molecule has 0 saturated heterocycles. The summed E-state index contributed by atoms with van der Waals surface area (Å²) in [7, 11) is 0. The quantitative estimate of drug-likeness (QED) is 0.650. The van der Waals surface area contributed by atoms with Crippen LogP contribution in [0, 0.1) is 0 Å². The average Bonchev–Trinajstić information content (AvgIpc) is 2.15. The van der Waals surface area contributed by atoms with E-state index in [4.69, 9.17) is 14.2 Å². The molecule has 0 amide bonds. The molecule has 0 aliphatic carbocycles. The minimum atomic E-state index is -0.414. The van der Waals surface area contributed by atoms with Crippen LogP contribution in [-0.2, 0) is 23.8 Å². The van der Waals surface area contributed by atoms with Gasteiger partial charge in [0.25, 0.3) is 0 Å². The zero-order valence-corrected chi connectivity index (χ0v) is 8.76. The topological polar surface area (TPSA) is 61.8 Å². The second-order valence-corrected chi connectivity index (χ2v) is 3.23. The van der Waals surface area contributed by atoms with Crippen LogP contribution in [0.5, 0.6) is 0 Å². The monoisotopic (exact) mass is 214 g/mol. The molecule has 1 rings (SSSR count). The molecule has 1 heterocycles. The summed E-state index contributed by atoms with van der Waals surface area (Å²) in [6.45, 7) is 2.75. The van der Waals surface area contributed by atoms with Crippen LogP contribution in [0.4, 0.5) is 0 Å². The highest BCUT2D eigenvalue weighted by atomic mass is 16.6. The fourth-order valence-corrected chi connectivity index (χ4v) is 1.27. The van der Waals surface area contributed by atoms with Crippen LogP contribution in [0.3, 0.4) is 0 Å². The lowest BCUT2D eigenvalue weighted by atomic mass is 10.1. The third kappa shape index (κ3) is 4.01. The standard InChI is InChI=1S/C10H14O5/c1-7(11)14-6-10-9(15-8(2)12)4-3-5-13-10/h3,5,9-10H,4,6H2,1-2H3/t9-,10+/m1/s1. The predicted octanol–water partition coefficient (Wildman–Crippen LogP) is 0.784. The van der Waals surface area contributed by atoms with Gasteiger partial charge >= 0.3 is 11.9 Å². The van der Waals surface area contributed by atoms with Crippen LogP contribution in [0.15, 0.2) is 12.3 Å². The Bertz CT molecular complexity index is 271. The van der Waals surface area contributed by atoms with Gasteiger partial charge in [0.05, 0.1) is 6.26 Å². The van der Waals surface area contributed by atoms with Crippen molar-refractivity contribution in [3.8, 4) is 0 Å². The predicted molar refractivity (Wildman–Crippen MR) is 50.8 cm³/mol. The third-order valence-corrected chi connectivity index (χ3v) is 1.90. The van der Waals surface area contributed by atoms with E-state index < -0.39 is 6.10 Å². The van der Waals surface area contributed by atoms with E-state index in [0.29, 0.717) is 6.42 Å². The van der Waals surface area contributed by atoms with Gasteiger partial charge in [-0.05, 0) is 6.08 Å². The van der Waals surface area contributed by atoms with Crippen molar-refractivity contribution in [1.29, 1.82) is 0 Å².